The van der Waals surface area contributed by atoms with Crippen LogP contribution in [0.5, 0.6) is 11.5 Å². The molecule has 2 aromatic heterocycles. The first-order valence-electron chi connectivity index (χ1n) is 7.61. The smallest absolute Gasteiger partial charge is 0.143 e. The molecule has 0 saturated carbocycles. The molecule has 0 unspecified atom stereocenters. The van der Waals surface area contributed by atoms with Gasteiger partial charge in [0.2, 0.25) is 0 Å². The summed E-state index contributed by atoms with van der Waals surface area (Å²) in [5.41, 5.74) is 8.42. The van der Waals surface area contributed by atoms with E-state index >= 15 is 0 Å². The molecule has 2 heterocycles. The van der Waals surface area contributed by atoms with Gasteiger partial charge in [0.1, 0.15) is 40.8 Å². The zero-order chi connectivity index (χ0) is 18.7. The summed E-state index contributed by atoms with van der Waals surface area (Å²) in [6.45, 7) is 1.88. The number of hydrogen-bond acceptors (Lipinski definition) is 8. The van der Waals surface area contributed by atoms with Crippen LogP contribution in [-0.4, -0.2) is 34.2 Å². The molecular formula is C17H17ClN6O2. The van der Waals surface area contributed by atoms with Crippen molar-refractivity contribution in [3.8, 4) is 22.8 Å². The summed E-state index contributed by atoms with van der Waals surface area (Å²) in [5, 5.41) is 3.65. The minimum atomic E-state index is 0.349. The number of methoxy groups -OCH3 is 2. The van der Waals surface area contributed by atoms with Crippen LogP contribution in [0.25, 0.3) is 11.3 Å². The van der Waals surface area contributed by atoms with Gasteiger partial charge in [-0.3, -0.25) is 0 Å². The number of benzene rings is 1. The van der Waals surface area contributed by atoms with Crippen LogP contribution in [0.4, 0.5) is 17.3 Å². The molecule has 3 aromatic rings. The molecule has 0 spiro atoms. The van der Waals surface area contributed by atoms with E-state index in [0.717, 1.165) is 5.56 Å². The predicted molar refractivity (Wildman–Crippen MR) is 100 cm³/mol. The number of nitrogens with two attached hydrogens (primary N) is 1. The summed E-state index contributed by atoms with van der Waals surface area (Å²) in [7, 11) is 3.12. The molecule has 3 N–H and O–H groups in total. The number of hydrogen-bond donors (Lipinski definition) is 2. The number of anilines is 3. The standard InChI is InChI=1S/C17H17ClN6O2/c1-9-12(25-2)5-13(26-3)15(18)16(9)24-17-10(6-20-7-23-17)11-4-14(19)22-8-21-11/h4-8H,1-3H3,(H2,19,21,22)(H,20,23,24). The molecule has 0 aliphatic heterocycles. The monoisotopic (exact) mass is 372 g/mol. The quantitative estimate of drug-likeness (QED) is 0.702. The van der Waals surface area contributed by atoms with Crippen LogP contribution in [0.3, 0.4) is 0 Å². The number of rotatable bonds is 5. The lowest BCUT2D eigenvalue weighted by Crippen LogP contribution is -2.03. The highest BCUT2D eigenvalue weighted by molar-refractivity contribution is 6.35. The van der Waals surface area contributed by atoms with Gasteiger partial charge in [0, 0.05) is 23.9 Å². The summed E-state index contributed by atoms with van der Waals surface area (Å²) < 4.78 is 10.7. The van der Waals surface area contributed by atoms with Crippen LogP contribution < -0.4 is 20.5 Å². The third kappa shape index (κ3) is 3.31. The molecule has 8 nitrogen and oxygen atoms in total. The molecule has 9 heteroatoms. The molecule has 134 valence electrons. The van der Waals surface area contributed by atoms with Gasteiger partial charge in [-0.05, 0) is 6.92 Å². The van der Waals surface area contributed by atoms with Gasteiger partial charge in [0.05, 0.1) is 31.2 Å². The number of halogens is 1. The Hall–Kier alpha value is -3.13. The van der Waals surface area contributed by atoms with E-state index < -0.39 is 0 Å². The van der Waals surface area contributed by atoms with E-state index in [2.05, 4.69) is 25.3 Å². The summed E-state index contributed by atoms with van der Waals surface area (Å²) >= 11 is 6.48. The Bertz CT molecular complexity index is 922. The average molecular weight is 373 g/mol. The lowest BCUT2D eigenvalue weighted by molar-refractivity contribution is 0.393. The van der Waals surface area contributed by atoms with Crippen molar-refractivity contribution >= 4 is 28.9 Å². The molecule has 0 aliphatic carbocycles. The summed E-state index contributed by atoms with van der Waals surface area (Å²) in [6, 6.07) is 3.37. The molecule has 0 atom stereocenters. The summed E-state index contributed by atoms with van der Waals surface area (Å²) in [5.74, 6) is 1.98. The van der Waals surface area contributed by atoms with Gasteiger partial charge >= 0.3 is 0 Å². The molecule has 0 amide bonds. The summed E-state index contributed by atoms with van der Waals surface area (Å²) in [6.07, 6.45) is 4.45. The van der Waals surface area contributed by atoms with Crippen LogP contribution >= 0.6 is 11.6 Å². The SMILES string of the molecule is COc1cc(OC)c(Cl)c(Nc2ncncc2-c2cc(N)ncn2)c1C. The first kappa shape index (κ1) is 17.7. The molecule has 0 fully saturated rings. The molecular weight excluding hydrogens is 356 g/mol. The zero-order valence-electron chi connectivity index (χ0n) is 14.4. The van der Waals surface area contributed by atoms with Crippen LogP contribution in [0.2, 0.25) is 5.02 Å². The van der Waals surface area contributed by atoms with E-state index in [4.69, 9.17) is 26.8 Å². The van der Waals surface area contributed by atoms with Crippen molar-refractivity contribution in [1.82, 2.24) is 19.9 Å². The minimum absolute atomic E-state index is 0.349. The normalized spacial score (nSPS) is 10.5. The van der Waals surface area contributed by atoms with E-state index in [1.54, 1.807) is 32.5 Å². The van der Waals surface area contributed by atoms with Crippen molar-refractivity contribution < 1.29 is 9.47 Å². The van der Waals surface area contributed by atoms with Crippen molar-refractivity contribution in [1.29, 1.82) is 0 Å². The first-order chi connectivity index (χ1) is 12.5. The summed E-state index contributed by atoms with van der Waals surface area (Å²) in [4.78, 5) is 16.5. The van der Waals surface area contributed by atoms with Crippen molar-refractivity contribution in [3.05, 3.63) is 41.6 Å². The van der Waals surface area contributed by atoms with Crippen molar-refractivity contribution in [2.45, 2.75) is 6.92 Å². The van der Waals surface area contributed by atoms with Gasteiger partial charge < -0.3 is 20.5 Å². The number of ether oxygens (including phenoxy) is 2. The molecule has 0 aliphatic rings. The van der Waals surface area contributed by atoms with Gasteiger partial charge in [-0.2, -0.15) is 0 Å². The fourth-order valence-corrected chi connectivity index (χ4v) is 2.79. The van der Waals surface area contributed by atoms with Crippen LogP contribution in [0.1, 0.15) is 5.56 Å². The number of aromatic nitrogens is 4. The highest BCUT2D eigenvalue weighted by Gasteiger charge is 2.18. The average Bonchev–Trinajstić information content (AvgIpc) is 2.66. The second-order valence-electron chi connectivity index (χ2n) is 5.33. The van der Waals surface area contributed by atoms with Crippen LogP contribution in [0.15, 0.2) is 31.0 Å². The molecule has 0 radical (unpaired) electrons. The Morgan fingerprint density at radius 2 is 1.81 bits per heavy atom. The first-order valence-corrected chi connectivity index (χ1v) is 7.99. The predicted octanol–water partition coefficient (Wildman–Crippen LogP) is 3.24. The van der Waals surface area contributed by atoms with Gasteiger partial charge in [-0.25, -0.2) is 19.9 Å². The number of nitrogens with zero attached hydrogens (tertiary/aromatic N) is 4. The highest BCUT2D eigenvalue weighted by Crippen LogP contribution is 2.42. The maximum atomic E-state index is 6.48. The fraction of sp³-hybridized carbons (Fsp3) is 0.176. The maximum Gasteiger partial charge on any atom is 0.143 e. The minimum Gasteiger partial charge on any atom is -0.496 e. The van der Waals surface area contributed by atoms with Crippen molar-refractivity contribution in [2.24, 2.45) is 0 Å². The molecule has 0 bridgehead atoms. The van der Waals surface area contributed by atoms with Gasteiger partial charge in [-0.15, -0.1) is 0 Å². The molecule has 1 aromatic carbocycles. The zero-order valence-corrected chi connectivity index (χ0v) is 15.2. The van der Waals surface area contributed by atoms with Gasteiger partial charge in [0.25, 0.3) is 0 Å². The third-order valence-electron chi connectivity index (χ3n) is 3.80. The largest absolute Gasteiger partial charge is 0.496 e. The Labute approximate surface area is 155 Å². The van der Waals surface area contributed by atoms with E-state index in [0.29, 0.717) is 45.1 Å². The van der Waals surface area contributed by atoms with E-state index in [9.17, 15) is 0 Å². The molecule has 26 heavy (non-hydrogen) atoms. The Morgan fingerprint density at radius 1 is 1.04 bits per heavy atom. The van der Waals surface area contributed by atoms with Gasteiger partial charge in [-0.1, -0.05) is 11.6 Å². The Morgan fingerprint density at radius 3 is 2.50 bits per heavy atom. The second kappa shape index (κ2) is 7.40. The molecule has 3 rings (SSSR count). The van der Waals surface area contributed by atoms with Crippen LogP contribution in [0, 0.1) is 6.92 Å². The lowest BCUT2D eigenvalue weighted by Gasteiger charge is -2.18. The topological polar surface area (TPSA) is 108 Å². The van der Waals surface area contributed by atoms with E-state index in [1.165, 1.54) is 12.7 Å². The Kier molecular flexibility index (Phi) is 5.04. The maximum absolute atomic E-state index is 6.48. The van der Waals surface area contributed by atoms with Crippen LogP contribution in [-0.2, 0) is 0 Å². The molecule has 0 saturated heterocycles. The number of nitrogen functional groups attached to an aromatic ring is 1. The van der Waals surface area contributed by atoms with E-state index in [1.807, 2.05) is 6.92 Å². The fourth-order valence-electron chi connectivity index (χ4n) is 2.47. The third-order valence-corrected chi connectivity index (χ3v) is 4.18. The number of nitrogens with one attached hydrogen (secondary N) is 1. The highest BCUT2D eigenvalue weighted by atomic mass is 35.5. The Balaban J connectivity index is 2.11. The van der Waals surface area contributed by atoms with Gasteiger partial charge in [0.15, 0.2) is 0 Å². The van der Waals surface area contributed by atoms with E-state index in [-0.39, 0.29) is 0 Å². The second-order valence-corrected chi connectivity index (χ2v) is 5.71. The lowest BCUT2D eigenvalue weighted by atomic mass is 10.1. The van der Waals surface area contributed by atoms with Crippen molar-refractivity contribution in [2.75, 3.05) is 25.3 Å². The van der Waals surface area contributed by atoms with Crippen molar-refractivity contribution in [3.63, 3.8) is 0 Å².